The highest BCUT2D eigenvalue weighted by atomic mass is 32.1. The number of rotatable bonds is 7. The fourth-order valence-electron chi connectivity index (χ4n) is 2.83. The van der Waals surface area contributed by atoms with Crippen LogP contribution in [0.5, 0.6) is 0 Å². The Morgan fingerprint density at radius 1 is 1.00 bits per heavy atom. The molecule has 0 radical (unpaired) electrons. The number of carboxylic acids is 1. The van der Waals surface area contributed by atoms with Crippen LogP contribution in [0.25, 0.3) is 16.7 Å². The zero-order valence-corrected chi connectivity index (χ0v) is 15.4. The molecule has 0 atom stereocenters. The molecule has 1 heterocycles. The van der Waals surface area contributed by atoms with Gasteiger partial charge in [-0.3, -0.25) is 9.69 Å². The predicted molar refractivity (Wildman–Crippen MR) is 108 cm³/mol. The van der Waals surface area contributed by atoms with Crippen molar-refractivity contribution >= 4 is 22.9 Å². The molecule has 4 heteroatoms. The van der Waals surface area contributed by atoms with Crippen molar-refractivity contribution in [3.8, 4) is 11.1 Å². The maximum atomic E-state index is 10.9. The first-order valence-corrected chi connectivity index (χ1v) is 9.36. The van der Waals surface area contributed by atoms with Crippen molar-refractivity contribution in [3.63, 3.8) is 0 Å². The van der Waals surface area contributed by atoms with Crippen LogP contribution in [0.2, 0.25) is 0 Å². The molecule has 26 heavy (non-hydrogen) atoms. The molecule has 0 spiro atoms. The molecule has 2 aromatic carbocycles. The first-order chi connectivity index (χ1) is 12.6. The lowest BCUT2D eigenvalue weighted by atomic mass is 9.96. The Labute approximate surface area is 157 Å². The molecule has 0 amide bonds. The van der Waals surface area contributed by atoms with E-state index in [1.807, 2.05) is 25.2 Å². The van der Waals surface area contributed by atoms with E-state index < -0.39 is 5.97 Å². The van der Waals surface area contributed by atoms with Gasteiger partial charge in [-0.05, 0) is 51.7 Å². The molecular formula is C22H21NO2S. The van der Waals surface area contributed by atoms with Crippen molar-refractivity contribution < 1.29 is 9.90 Å². The Kier molecular flexibility index (Phi) is 6.00. The Hall–Kier alpha value is -2.69. The van der Waals surface area contributed by atoms with E-state index in [0.717, 1.165) is 16.7 Å². The van der Waals surface area contributed by atoms with Crippen LogP contribution in [0.4, 0.5) is 0 Å². The van der Waals surface area contributed by atoms with E-state index >= 15 is 0 Å². The van der Waals surface area contributed by atoms with E-state index in [0.29, 0.717) is 6.54 Å². The number of nitrogens with zero attached hydrogens (tertiary/aromatic N) is 1. The van der Waals surface area contributed by atoms with E-state index in [9.17, 15) is 4.79 Å². The van der Waals surface area contributed by atoms with Gasteiger partial charge in [0, 0.05) is 6.54 Å². The summed E-state index contributed by atoms with van der Waals surface area (Å²) in [5.74, 6) is -0.817. The van der Waals surface area contributed by atoms with Gasteiger partial charge in [-0.25, -0.2) is 0 Å². The Bertz CT molecular complexity index is 868. The minimum atomic E-state index is -0.817. The molecular weight excluding hydrogens is 342 g/mol. The third-order valence-corrected chi connectivity index (χ3v) is 4.83. The van der Waals surface area contributed by atoms with E-state index in [1.165, 1.54) is 11.1 Å². The average molecular weight is 363 g/mol. The van der Waals surface area contributed by atoms with E-state index in [2.05, 4.69) is 59.3 Å². The molecule has 0 saturated carbocycles. The summed E-state index contributed by atoms with van der Waals surface area (Å²) in [5.41, 5.74) is 5.79. The standard InChI is InChI=1S/C22H21NO2S/c1-23(15-22(24)25)13-11-21(18-5-3-2-4-6-18)19-9-7-17(8-10-19)20-12-14-26-16-20/h2-12,14,16H,13,15H2,1H3,(H,24,25). The molecule has 0 aliphatic heterocycles. The zero-order valence-electron chi connectivity index (χ0n) is 14.6. The van der Waals surface area contributed by atoms with E-state index in [1.54, 1.807) is 16.2 Å². The highest BCUT2D eigenvalue weighted by Gasteiger charge is 2.08. The van der Waals surface area contributed by atoms with Crippen molar-refractivity contribution in [1.29, 1.82) is 0 Å². The van der Waals surface area contributed by atoms with Crippen LogP contribution in [0.3, 0.4) is 0 Å². The lowest BCUT2D eigenvalue weighted by Crippen LogP contribution is -2.25. The summed E-state index contributed by atoms with van der Waals surface area (Å²) in [7, 11) is 1.81. The summed E-state index contributed by atoms with van der Waals surface area (Å²) >= 11 is 1.69. The average Bonchev–Trinajstić information content (AvgIpc) is 3.17. The molecule has 0 aliphatic rings. The summed E-state index contributed by atoms with van der Waals surface area (Å²) in [6.07, 6.45) is 2.10. The molecule has 0 fully saturated rings. The number of hydrogen-bond donors (Lipinski definition) is 1. The SMILES string of the molecule is CN(CC=C(c1ccccc1)c1ccc(-c2ccsc2)cc1)CC(=O)O. The number of thiophene rings is 1. The van der Waals surface area contributed by atoms with Gasteiger partial charge in [0.05, 0.1) is 6.54 Å². The monoisotopic (exact) mass is 363 g/mol. The molecule has 1 aromatic heterocycles. The lowest BCUT2D eigenvalue weighted by molar-refractivity contribution is -0.137. The van der Waals surface area contributed by atoms with Crippen LogP contribution in [0, 0.1) is 0 Å². The summed E-state index contributed by atoms with van der Waals surface area (Å²) in [6, 6.07) is 20.8. The quantitative estimate of drug-likeness (QED) is 0.651. The van der Waals surface area contributed by atoms with Crippen molar-refractivity contribution in [2.45, 2.75) is 0 Å². The van der Waals surface area contributed by atoms with Crippen LogP contribution < -0.4 is 0 Å². The fourth-order valence-corrected chi connectivity index (χ4v) is 3.50. The van der Waals surface area contributed by atoms with Crippen LogP contribution in [-0.4, -0.2) is 36.1 Å². The van der Waals surface area contributed by atoms with Gasteiger partial charge in [-0.2, -0.15) is 11.3 Å². The number of carbonyl (C=O) groups is 1. The van der Waals surface area contributed by atoms with Gasteiger partial charge in [0.1, 0.15) is 0 Å². The van der Waals surface area contributed by atoms with Gasteiger partial charge in [-0.15, -0.1) is 0 Å². The van der Waals surface area contributed by atoms with Crippen LogP contribution >= 0.6 is 11.3 Å². The van der Waals surface area contributed by atoms with Crippen molar-refractivity contribution in [1.82, 2.24) is 4.90 Å². The van der Waals surface area contributed by atoms with Gasteiger partial charge < -0.3 is 5.11 Å². The number of benzene rings is 2. The summed E-state index contributed by atoms with van der Waals surface area (Å²) in [4.78, 5) is 12.7. The highest BCUT2D eigenvalue weighted by Crippen LogP contribution is 2.27. The minimum Gasteiger partial charge on any atom is -0.480 e. The number of aliphatic carboxylic acids is 1. The third kappa shape index (κ3) is 4.69. The summed E-state index contributed by atoms with van der Waals surface area (Å²) in [6.45, 7) is 0.596. The Morgan fingerprint density at radius 2 is 1.69 bits per heavy atom. The van der Waals surface area contributed by atoms with E-state index in [-0.39, 0.29) is 6.54 Å². The third-order valence-electron chi connectivity index (χ3n) is 4.15. The highest BCUT2D eigenvalue weighted by molar-refractivity contribution is 7.08. The topological polar surface area (TPSA) is 40.5 Å². The smallest absolute Gasteiger partial charge is 0.317 e. The largest absolute Gasteiger partial charge is 0.480 e. The molecule has 3 rings (SSSR count). The number of likely N-dealkylation sites (N-methyl/N-ethyl adjacent to an activating group) is 1. The number of carboxylic acid groups (broad SMARTS) is 1. The predicted octanol–water partition coefficient (Wildman–Crippen LogP) is 4.86. The van der Waals surface area contributed by atoms with Gasteiger partial charge in [0.2, 0.25) is 0 Å². The Balaban J connectivity index is 1.89. The second-order valence-electron chi connectivity index (χ2n) is 6.16. The van der Waals surface area contributed by atoms with Crippen molar-refractivity contribution in [2.75, 3.05) is 20.1 Å². The summed E-state index contributed by atoms with van der Waals surface area (Å²) in [5, 5.41) is 13.2. The molecule has 0 aliphatic carbocycles. The maximum Gasteiger partial charge on any atom is 0.317 e. The first kappa shape index (κ1) is 18.1. The molecule has 3 nitrogen and oxygen atoms in total. The second-order valence-corrected chi connectivity index (χ2v) is 6.94. The van der Waals surface area contributed by atoms with Crippen molar-refractivity contribution in [3.05, 3.63) is 88.6 Å². The molecule has 1 N–H and O–H groups in total. The van der Waals surface area contributed by atoms with Crippen LogP contribution in [-0.2, 0) is 4.79 Å². The van der Waals surface area contributed by atoms with Crippen LogP contribution in [0.15, 0.2) is 77.5 Å². The minimum absolute atomic E-state index is 0.0235. The summed E-state index contributed by atoms with van der Waals surface area (Å²) < 4.78 is 0. The number of hydrogen-bond acceptors (Lipinski definition) is 3. The van der Waals surface area contributed by atoms with Gasteiger partial charge in [0.15, 0.2) is 0 Å². The second kappa shape index (κ2) is 8.61. The van der Waals surface area contributed by atoms with Gasteiger partial charge in [0.25, 0.3) is 0 Å². The molecule has 0 unspecified atom stereocenters. The van der Waals surface area contributed by atoms with Crippen molar-refractivity contribution in [2.24, 2.45) is 0 Å². The van der Waals surface area contributed by atoms with Crippen LogP contribution in [0.1, 0.15) is 11.1 Å². The van der Waals surface area contributed by atoms with E-state index in [4.69, 9.17) is 5.11 Å². The zero-order chi connectivity index (χ0) is 18.4. The fraction of sp³-hybridized carbons (Fsp3) is 0.136. The molecule has 0 saturated heterocycles. The molecule has 132 valence electrons. The van der Waals surface area contributed by atoms with Gasteiger partial charge in [-0.1, -0.05) is 60.7 Å². The maximum absolute atomic E-state index is 10.9. The first-order valence-electron chi connectivity index (χ1n) is 8.42. The lowest BCUT2D eigenvalue weighted by Gasteiger charge is -2.14. The Morgan fingerprint density at radius 3 is 2.31 bits per heavy atom. The van der Waals surface area contributed by atoms with Gasteiger partial charge >= 0.3 is 5.97 Å². The normalized spacial score (nSPS) is 11.7. The molecule has 3 aromatic rings. The molecule has 0 bridgehead atoms.